The van der Waals surface area contributed by atoms with E-state index < -0.39 is 6.10 Å². The zero-order valence-electron chi connectivity index (χ0n) is 14.3. The Morgan fingerprint density at radius 1 is 1.32 bits per heavy atom. The summed E-state index contributed by atoms with van der Waals surface area (Å²) in [4.78, 5) is 9.23. The molecule has 5 nitrogen and oxygen atoms in total. The van der Waals surface area contributed by atoms with Gasteiger partial charge in [-0.25, -0.2) is 4.98 Å². The first-order valence-corrected chi connectivity index (χ1v) is 8.82. The average Bonchev–Trinajstić information content (AvgIpc) is 3.05. The maximum absolute atomic E-state index is 10.3. The normalized spacial score (nSPS) is 12.9. The number of nitrogens with zero attached hydrogens (tertiary/aromatic N) is 2. The van der Waals surface area contributed by atoms with E-state index in [1.54, 1.807) is 37.9 Å². The van der Waals surface area contributed by atoms with Crippen molar-refractivity contribution in [3.05, 3.63) is 47.0 Å². The number of aliphatic hydroxyl groups is 1. The smallest absolute Gasteiger partial charge is 0.132 e. The van der Waals surface area contributed by atoms with Crippen LogP contribution in [-0.2, 0) is 4.74 Å². The maximum atomic E-state index is 10.3. The number of anilines is 1. The van der Waals surface area contributed by atoms with Gasteiger partial charge in [0.25, 0.3) is 0 Å². The minimum absolute atomic E-state index is 0.468. The molecule has 0 aliphatic rings. The number of fused-ring (bicyclic) bond motifs is 1. The number of nitrogen functional groups attached to an aromatic ring is 1. The predicted octanol–water partition coefficient (Wildman–Crippen LogP) is 3.66. The van der Waals surface area contributed by atoms with Gasteiger partial charge in [-0.2, -0.15) is 0 Å². The van der Waals surface area contributed by atoms with Crippen LogP contribution in [0.3, 0.4) is 0 Å². The molecular formula is C19H21N3O2S. The molecule has 1 aromatic carbocycles. The lowest BCUT2D eigenvalue weighted by Gasteiger charge is -2.06. The van der Waals surface area contributed by atoms with Gasteiger partial charge in [0, 0.05) is 60.3 Å². The van der Waals surface area contributed by atoms with Crippen molar-refractivity contribution in [1.29, 1.82) is 0 Å². The summed E-state index contributed by atoms with van der Waals surface area (Å²) in [5.74, 6) is 0.468. The van der Waals surface area contributed by atoms with Crippen LogP contribution in [0.15, 0.2) is 41.5 Å². The number of ether oxygens (including phenoxy) is 1. The number of hydrogen-bond donors (Lipinski definition) is 2. The molecule has 3 rings (SSSR count). The average molecular weight is 355 g/mol. The number of thiophene rings is 1. The van der Waals surface area contributed by atoms with Crippen LogP contribution >= 0.6 is 11.3 Å². The zero-order valence-corrected chi connectivity index (χ0v) is 15.1. The third-order valence-electron chi connectivity index (χ3n) is 4.01. The number of nitrogens with two attached hydrogens (primary N) is 1. The van der Waals surface area contributed by atoms with E-state index >= 15 is 0 Å². The van der Waals surface area contributed by atoms with Gasteiger partial charge < -0.3 is 15.6 Å². The second-order valence-electron chi connectivity index (χ2n) is 5.78. The Bertz CT molecular complexity index is 905. The Labute approximate surface area is 150 Å². The van der Waals surface area contributed by atoms with Crippen molar-refractivity contribution in [2.45, 2.75) is 12.5 Å². The Hall–Kier alpha value is -2.28. The predicted molar refractivity (Wildman–Crippen MR) is 104 cm³/mol. The first-order chi connectivity index (χ1) is 12.1. The van der Waals surface area contributed by atoms with E-state index in [9.17, 15) is 5.11 Å². The number of hydrogen-bond acceptors (Lipinski definition) is 6. The van der Waals surface area contributed by atoms with Crippen molar-refractivity contribution in [2.24, 2.45) is 4.99 Å². The van der Waals surface area contributed by atoms with Gasteiger partial charge in [0.05, 0.1) is 6.10 Å². The van der Waals surface area contributed by atoms with Gasteiger partial charge in [-0.1, -0.05) is 12.1 Å². The van der Waals surface area contributed by atoms with Crippen molar-refractivity contribution < 1.29 is 9.84 Å². The lowest BCUT2D eigenvalue weighted by molar-refractivity contribution is 0.113. The molecule has 130 valence electrons. The maximum Gasteiger partial charge on any atom is 0.132 e. The number of methoxy groups -OCH3 is 1. The van der Waals surface area contributed by atoms with Gasteiger partial charge in [-0.3, -0.25) is 4.99 Å². The second kappa shape index (κ2) is 7.74. The highest BCUT2D eigenvalue weighted by atomic mass is 32.1. The largest absolute Gasteiger partial charge is 0.387 e. The molecule has 0 bridgehead atoms. The van der Waals surface area contributed by atoms with Gasteiger partial charge >= 0.3 is 0 Å². The van der Waals surface area contributed by atoms with Crippen LogP contribution in [-0.4, -0.2) is 37.1 Å². The fourth-order valence-electron chi connectivity index (χ4n) is 2.66. The monoisotopic (exact) mass is 355 g/mol. The third kappa shape index (κ3) is 3.87. The molecule has 2 heterocycles. The van der Waals surface area contributed by atoms with Crippen molar-refractivity contribution >= 4 is 33.5 Å². The Balaban J connectivity index is 1.94. The molecule has 0 spiro atoms. The fourth-order valence-corrected chi connectivity index (χ4v) is 3.78. The summed E-state index contributed by atoms with van der Waals surface area (Å²) in [5.41, 5.74) is 8.74. The molecule has 0 aliphatic carbocycles. The number of pyridine rings is 1. The number of rotatable bonds is 6. The molecule has 2 aromatic heterocycles. The summed E-state index contributed by atoms with van der Waals surface area (Å²) < 4.78 is 6.17. The molecule has 0 aliphatic heterocycles. The molecule has 6 heteroatoms. The highest BCUT2D eigenvalue weighted by Gasteiger charge is 2.12. The lowest BCUT2D eigenvalue weighted by atomic mass is 10.0. The van der Waals surface area contributed by atoms with Gasteiger partial charge in [-0.15, -0.1) is 11.3 Å². The molecule has 0 amide bonds. The molecule has 0 fully saturated rings. The highest BCUT2D eigenvalue weighted by Crippen LogP contribution is 2.34. The number of benzene rings is 1. The second-order valence-corrected chi connectivity index (χ2v) is 6.90. The van der Waals surface area contributed by atoms with Gasteiger partial charge in [0.1, 0.15) is 5.82 Å². The Morgan fingerprint density at radius 2 is 2.16 bits per heavy atom. The number of aromatic nitrogens is 1. The summed E-state index contributed by atoms with van der Waals surface area (Å²) in [7, 11) is 3.35. The Kier molecular flexibility index (Phi) is 5.43. The Morgan fingerprint density at radius 3 is 2.92 bits per heavy atom. The number of aliphatic imine (C=N–C) groups is 1. The van der Waals surface area contributed by atoms with E-state index in [0.717, 1.165) is 31.7 Å². The van der Waals surface area contributed by atoms with E-state index in [2.05, 4.69) is 28.2 Å². The van der Waals surface area contributed by atoms with E-state index in [1.807, 2.05) is 12.1 Å². The molecule has 1 unspecified atom stereocenters. The molecule has 0 saturated heterocycles. The number of aliphatic hydroxyl groups excluding tert-OH is 1. The van der Waals surface area contributed by atoms with Crippen molar-refractivity contribution in [1.82, 2.24) is 4.98 Å². The molecule has 3 N–H and O–H groups in total. The quantitative estimate of drug-likeness (QED) is 0.661. The summed E-state index contributed by atoms with van der Waals surface area (Å²) in [6.45, 7) is 0.541. The van der Waals surface area contributed by atoms with E-state index in [-0.39, 0.29) is 0 Å². The molecule has 1 atom stereocenters. The van der Waals surface area contributed by atoms with Crippen LogP contribution in [0.25, 0.3) is 21.2 Å². The van der Waals surface area contributed by atoms with Gasteiger partial charge in [0.15, 0.2) is 0 Å². The summed E-state index contributed by atoms with van der Waals surface area (Å²) in [6.07, 6.45) is 3.58. The van der Waals surface area contributed by atoms with Crippen LogP contribution in [0, 0.1) is 0 Å². The van der Waals surface area contributed by atoms with E-state index in [4.69, 9.17) is 10.5 Å². The SMILES string of the molecule is CN=Cc1cc(-c2ccc3cc(C(O)CCOC)sc3c2)cnc1N. The highest BCUT2D eigenvalue weighted by molar-refractivity contribution is 7.19. The van der Waals surface area contributed by atoms with Crippen LogP contribution in [0.2, 0.25) is 0 Å². The zero-order chi connectivity index (χ0) is 17.8. The van der Waals surface area contributed by atoms with E-state index in [1.165, 1.54) is 0 Å². The first kappa shape index (κ1) is 17.5. The molecular weight excluding hydrogens is 334 g/mol. The molecule has 0 saturated carbocycles. The van der Waals surface area contributed by atoms with Crippen LogP contribution in [0.5, 0.6) is 0 Å². The molecule has 25 heavy (non-hydrogen) atoms. The van der Waals surface area contributed by atoms with Crippen LogP contribution in [0.1, 0.15) is 23.0 Å². The summed E-state index contributed by atoms with van der Waals surface area (Å²) in [5, 5.41) is 11.4. The van der Waals surface area contributed by atoms with Crippen molar-refractivity contribution in [3.8, 4) is 11.1 Å². The summed E-state index contributed by atoms with van der Waals surface area (Å²) >= 11 is 1.61. The van der Waals surface area contributed by atoms with Crippen molar-refractivity contribution in [2.75, 3.05) is 26.5 Å². The van der Waals surface area contributed by atoms with Crippen LogP contribution < -0.4 is 5.73 Å². The van der Waals surface area contributed by atoms with E-state index in [0.29, 0.717) is 18.8 Å². The van der Waals surface area contributed by atoms with Crippen molar-refractivity contribution in [3.63, 3.8) is 0 Å². The summed E-state index contributed by atoms with van der Waals surface area (Å²) in [6, 6.07) is 10.3. The minimum atomic E-state index is -0.494. The minimum Gasteiger partial charge on any atom is -0.387 e. The molecule has 3 aromatic rings. The lowest BCUT2D eigenvalue weighted by Crippen LogP contribution is -1.99. The first-order valence-electron chi connectivity index (χ1n) is 8.01. The van der Waals surface area contributed by atoms with Gasteiger partial charge in [-0.05, 0) is 29.1 Å². The molecule has 0 radical (unpaired) electrons. The third-order valence-corrected chi connectivity index (χ3v) is 5.21. The van der Waals surface area contributed by atoms with Gasteiger partial charge in [0.2, 0.25) is 0 Å². The van der Waals surface area contributed by atoms with Crippen LogP contribution in [0.4, 0.5) is 5.82 Å². The topological polar surface area (TPSA) is 80.7 Å². The fraction of sp³-hybridized carbons (Fsp3) is 0.263. The standard InChI is InChI=1S/C19H21N3O2S/c1-21-10-15-7-14(11-22-19(15)20)12-3-4-13-9-18(25-17(13)8-12)16(23)5-6-24-2/h3-4,7-11,16,23H,5-6H2,1-2H3,(H2,20,22).